The summed E-state index contributed by atoms with van der Waals surface area (Å²) in [5.74, 6) is -0.432. The van der Waals surface area contributed by atoms with Gasteiger partial charge in [0.05, 0.1) is 17.2 Å². The van der Waals surface area contributed by atoms with Crippen LogP contribution < -0.4 is 10.9 Å². The highest BCUT2D eigenvalue weighted by atomic mass is 32.2. The summed E-state index contributed by atoms with van der Waals surface area (Å²) in [4.78, 5) is 12.0. The summed E-state index contributed by atoms with van der Waals surface area (Å²) in [7, 11) is -3.78. The highest BCUT2D eigenvalue weighted by Gasteiger charge is 2.23. The molecule has 124 valence electrons. The van der Waals surface area contributed by atoms with Gasteiger partial charge in [0.2, 0.25) is 10.0 Å². The number of nitrogen functional groups attached to an aromatic ring is 1. The maximum atomic E-state index is 12.0. The molecule has 1 heterocycles. The fourth-order valence-electron chi connectivity index (χ4n) is 1.92. The number of esters is 1. The Kier molecular flexibility index (Phi) is 4.97. The van der Waals surface area contributed by atoms with Gasteiger partial charge in [-0.1, -0.05) is 0 Å². The van der Waals surface area contributed by atoms with Crippen LogP contribution in [0.4, 0.5) is 5.82 Å². The van der Waals surface area contributed by atoms with Crippen molar-refractivity contribution in [1.82, 2.24) is 9.78 Å². The Morgan fingerprint density at radius 1 is 1.35 bits per heavy atom. The second kappa shape index (κ2) is 6.60. The second-order valence-electron chi connectivity index (χ2n) is 4.44. The number of sulfonamides is 1. The monoisotopic (exact) mass is 356 g/mol. The number of benzene rings is 1. The van der Waals surface area contributed by atoms with E-state index in [4.69, 9.17) is 15.6 Å². The Balaban J connectivity index is 2.50. The maximum Gasteiger partial charge on any atom is 0.344 e. The first-order valence-corrected chi connectivity index (χ1v) is 9.29. The van der Waals surface area contributed by atoms with Gasteiger partial charge in [-0.3, -0.25) is 0 Å². The molecule has 0 aliphatic heterocycles. The van der Waals surface area contributed by atoms with E-state index in [1.165, 1.54) is 40.7 Å². The lowest BCUT2D eigenvalue weighted by atomic mass is 10.3. The smallest absolute Gasteiger partial charge is 0.344 e. The van der Waals surface area contributed by atoms with Crippen molar-refractivity contribution in [2.45, 2.75) is 16.8 Å². The summed E-state index contributed by atoms with van der Waals surface area (Å²) in [5, 5.41) is 9.75. The van der Waals surface area contributed by atoms with Gasteiger partial charge < -0.3 is 10.5 Å². The normalized spacial score (nSPS) is 11.4. The van der Waals surface area contributed by atoms with E-state index in [-0.39, 0.29) is 22.9 Å². The number of nitrogens with zero attached hydrogens (tertiary/aromatic N) is 2. The summed E-state index contributed by atoms with van der Waals surface area (Å²) in [6.45, 7) is 1.92. The van der Waals surface area contributed by atoms with Crippen molar-refractivity contribution in [3.63, 3.8) is 0 Å². The number of aromatic nitrogens is 2. The third-order valence-corrected chi connectivity index (χ3v) is 4.57. The molecule has 0 saturated heterocycles. The summed E-state index contributed by atoms with van der Waals surface area (Å²) >= 11 is 1.26. The molecule has 0 spiro atoms. The van der Waals surface area contributed by atoms with Gasteiger partial charge in [-0.25, -0.2) is 23.0 Å². The van der Waals surface area contributed by atoms with Crippen LogP contribution in [0, 0.1) is 0 Å². The van der Waals surface area contributed by atoms with Crippen molar-refractivity contribution in [1.29, 1.82) is 0 Å². The number of carbonyl (C=O) groups is 1. The van der Waals surface area contributed by atoms with Crippen LogP contribution in [0.1, 0.15) is 17.3 Å². The molecule has 4 N–H and O–H groups in total. The van der Waals surface area contributed by atoms with E-state index in [1.807, 2.05) is 0 Å². The zero-order valence-electron chi connectivity index (χ0n) is 12.5. The lowest BCUT2D eigenvalue weighted by molar-refractivity contribution is 0.0523. The van der Waals surface area contributed by atoms with Crippen molar-refractivity contribution in [2.24, 2.45) is 5.14 Å². The molecule has 1 aromatic carbocycles. The number of ether oxygens (including phenoxy) is 1. The summed E-state index contributed by atoms with van der Waals surface area (Å²) in [6, 6.07) is 5.69. The molecule has 2 rings (SSSR count). The number of hydrogen-bond donors (Lipinski definition) is 2. The summed E-state index contributed by atoms with van der Waals surface area (Å²) in [5.41, 5.74) is 6.70. The molecular weight excluding hydrogens is 340 g/mol. The van der Waals surface area contributed by atoms with Crippen molar-refractivity contribution in [3.05, 3.63) is 29.8 Å². The van der Waals surface area contributed by atoms with Crippen molar-refractivity contribution >= 4 is 33.6 Å². The van der Waals surface area contributed by atoms with Crippen molar-refractivity contribution in [3.8, 4) is 5.69 Å². The Bertz CT molecular complexity index is 828. The summed E-state index contributed by atoms with van der Waals surface area (Å²) in [6.07, 6.45) is 1.76. The number of hydrogen-bond acceptors (Lipinski definition) is 7. The Morgan fingerprint density at radius 3 is 2.43 bits per heavy atom. The van der Waals surface area contributed by atoms with Gasteiger partial charge in [0, 0.05) is 0 Å². The van der Waals surface area contributed by atoms with Gasteiger partial charge in [0.15, 0.2) is 0 Å². The van der Waals surface area contributed by atoms with E-state index >= 15 is 0 Å². The number of primary sulfonamides is 1. The first kappa shape index (κ1) is 17.3. The van der Waals surface area contributed by atoms with E-state index in [2.05, 4.69) is 5.10 Å². The van der Waals surface area contributed by atoms with Gasteiger partial charge in [0.1, 0.15) is 16.4 Å². The molecule has 0 aliphatic carbocycles. The molecule has 8 nitrogen and oxygen atoms in total. The van der Waals surface area contributed by atoms with Gasteiger partial charge in [-0.05, 0) is 37.4 Å². The van der Waals surface area contributed by atoms with Crippen LogP contribution >= 0.6 is 11.8 Å². The van der Waals surface area contributed by atoms with E-state index < -0.39 is 16.0 Å². The van der Waals surface area contributed by atoms with E-state index in [1.54, 1.807) is 13.2 Å². The molecule has 0 atom stereocenters. The van der Waals surface area contributed by atoms with Gasteiger partial charge in [-0.2, -0.15) is 5.10 Å². The van der Waals surface area contributed by atoms with Gasteiger partial charge in [0.25, 0.3) is 0 Å². The molecule has 0 unspecified atom stereocenters. The van der Waals surface area contributed by atoms with Crippen LogP contribution in [0.5, 0.6) is 0 Å². The number of nitrogens with two attached hydrogens (primary N) is 2. The largest absolute Gasteiger partial charge is 0.462 e. The van der Waals surface area contributed by atoms with Gasteiger partial charge in [-0.15, -0.1) is 11.8 Å². The average molecular weight is 356 g/mol. The molecule has 0 saturated carbocycles. The maximum absolute atomic E-state index is 12.0. The molecule has 0 bridgehead atoms. The molecule has 0 fully saturated rings. The van der Waals surface area contributed by atoms with Crippen LogP contribution in [0.25, 0.3) is 5.69 Å². The third kappa shape index (κ3) is 3.49. The fourth-order valence-corrected chi connectivity index (χ4v) is 2.99. The zero-order chi connectivity index (χ0) is 17.2. The Hall–Kier alpha value is -2.04. The first-order valence-electron chi connectivity index (χ1n) is 6.52. The predicted molar refractivity (Wildman–Crippen MR) is 87.1 cm³/mol. The average Bonchev–Trinajstić information content (AvgIpc) is 2.83. The SMILES string of the molecule is CCOC(=O)c1c(SC)nn(-c2ccc(S(N)(=O)=O)cc2)c1N. The summed E-state index contributed by atoms with van der Waals surface area (Å²) < 4.78 is 28.9. The van der Waals surface area contributed by atoms with E-state index in [0.29, 0.717) is 10.7 Å². The lowest BCUT2D eigenvalue weighted by Gasteiger charge is -2.06. The van der Waals surface area contributed by atoms with Crippen LogP contribution in [0.3, 0.4) is 0 Å². The van der Waals surface area contributed by atoms with E-state index in [9.17, 15) is 13.2 Å². The lowest BCUT2D eigenvalue weighted by Crippen LogP contribution is -2.12. The molecule has 2 aromatic rings. The minimum Gasteiger partial charge on any atom is -0.462 e. The molecule has 0 amide bonds. The molecule has 23 heavy (non-hydrogen) atoms. The van der Waals surface area contributed by atoms with Crippen molar-refractivity contribution < 1.29 is 17.9 Å². The molecule has 0 aliphatic rings. The second-order valence-corrected chi connectivity index (χ2v) is 6.80. The van der Waals surface area contributed by atoms with Crippen molar-refractivity contribution in [2.75, 3.05) is 18.6 Å². The minimum absolute atomic E-state index is 0.0253. The Morgan fingerprint density at radius 2 is 1.96 bits per heavy atom. The zero-order valence-corrected chi connectivity index (χ0v) is 14.1. The third-order valence-electron chi connectivity index (χ3n) is 2.97. The Labute approximate surface area is 137 Å². The molecule has 0 radical (unpaired) electrons. The topological polar surface area (TPSA) is 130 Å². The highest BCUT2D eigenvalue weighted by Crippen LogP contribution is 2.28. The molecule has 1 aromatic heterocycles. The quantitative estimate of drug-likeness (QED) is 0.603. The molecular formula is C13H16N4O4S2. The number of carbonyl (C=O) groups excluding carboxylic acids is 1. The van der Waals surface area contributed by atoms with Crippen LogP contribution in [-0.4, -0.2) is 37.0 Å². The standard InChI is InChI=1S/C13H16N4O4S2/c1-3-21-13(18)10-11(14)17(16-12(10)22-2)8-4-6-9(7-5-8)23(15,19)20/h4-7H,3,14H2,1-2H3,(H2,15,19,20). The fraction of sp³-hybridized carbons (Fsp3) is 0.231. The van der Waals surface area contributed by atoms with E-state index in [0.717, 1.165) is 0 Å². The number of anilines is 1. The minimum atomic E-state index is -3.78. The van der Waals surface area contributed by atoms with Gasteiger partial charge >= 0.3 is 5.97 Å². The van der Waals surface area contributed by atoms with Crippen LogP contribution in [0.2, 0.25) is 0 Å². The number of thioether (sulfide) groups is 1. The predicted octanol–water partition coefficient (Wildman–Crippen LogP) is 1.00. The first-order chi connectivity index (χ1) is 10.8. The van der Waals surface area contributed by atoms with Crippen LogP contribution in [-0.2, 0) is 14.8 Å². The van der Waals surface area contributed by atoms with Crippen LogP contribution in [0.15, 0.2) is 34.2 Å². The molecule has 10 heteroatoms. The highest BCUT2D eigenvalue weighted by molar-refractivity contribution is 7.98. The number of rotatable bonds is 5.